The van der Waals surface area contributed by atoms with Crippen LogP contribution in [0.15, 0.2) is 12.1 Å². The van der Waals surface area contributed by atoms with Crippen LogP contribution in [-0.4, -0.2) is 54.0 Å². The van der Waals surface area contributed by atoms with Crippen LogP contribution in [0.5, 0.6) is 0 Å². The number of nitrogens with one attached hydrogen (secondary N) is 1. The number of aryl methyl sites for hydroxylation is 1. The van der Waals surface area contributed by atoms with Crippen molar-refractivity contribution in [1.29, 1.82) is 0 Å². The number of nitrogens with zero attached hydrogens (tertiary/aromatic N) is 4. The van der Waals surface area contributed by atoms with Gasteiger partial charge in [0.2, 0.25) is 0 Å². The minimum absolute atomic E-state index is 0.506. The zero-order chi connectivity index (χ0) is 14.9. The first kappa shape index (κ1) is 14.0. The minimum atomic E-state index is 0.506. The number of piperazine rings is 1. The fourth-order valence-electron chi connectivity index (χ4n) is 3.41. The van der Waals surface area contributed by atoms with Crippen molar-refractivity contribution in [2.45, 2.75) is 25.7 Å². The molecule has 0 aliphatic carbocycles. The van der Waals surface area contributed by atoms with Crippen LogP contribution in [0.4, 0.5) is 5.82 Å². The zero-order valence-corrected chi connectivity index (χ0v) is 13.1. The van der Waals surface area contributed by atoms with E-state index in [-0.39, 0.29) is 0 Å². The summed E-state index contributed by atoms with van der Waals surface area (Å²) < 4.78 is 7.50. The maximum Gasteiger partial charge on any atom is 0.157 e. The Bertz CT molecular complexity index is 656. The first-order valence-electron chi connectivity index (χ1n) is 8.22. The highest BCUT2D eigenvalue weighted by Crippen LogP contribution is 2.28. The Balaban J connectivity index is 1.73. The smallest absolute Gasteiger partial charge is 0.157 e. The van der Waals surface area contributed by atoms with Crippen molar-refractivity contribution in [3.63, 3.8) is 0 Å². The third-order valence-corrected chi connectivity index (χ3v) is 4.64. The van der Waals surface area contributed by atoms with Crippen molar-refractivity contribution < 1.29 is 4.74 Å². The van der Waals surface area contributed by atoms with Crippen LogP contribution in [0.25, 0.3) is 5.65 Å². The third-order valence-electron chi connectivity index (χ3n) is 4.64. The molecular weight excluding hydrogens is 278 g/mol. The van der Waals surface area contributed by atoms with Crippen LogP contribution in [-0.2, 0) is 4.74 Å². The molecule has 0 radical (unpaired) electrons. The monoisotopic (exact) mass is 301 g/mol. The second-order valence-electron chi connectivity index (χ2n) is 6.22. The molecule has 2 aromatic rings. The maximum atomic E-state index is 5.47. The molecule has 2 saturated heterocycles. The highest BCUT2D eigenvalue weighted by atomic mass is 16.5. The SMILES string of the molecule is Cc1cc(N2CCNCC2)n2nc(C3CCOCC3)cc2n1. The van der Waals surface area contributed by atoms with Gasteiger partial charge in [0.05, 0.1) is 5.69 Å². The fraction of sp³-hybridized carbons (Fsp3) is 0.625. The molecule has 1 N–H and O–H groups in total. The molecule has 0 saturated carbocycles. The van der Waals surface area contributed by atoms with Crippen molar-refractivity contribution in [3.8, 4) is 0 Å². The molecule has 0 atom stereocenters. The van der Waals surface area contributed by atoms with Gasteiger partial charge in [-0.25, -0.2) is 4.98 Å². The lowest BCUT2D eigenvalue weighted by molar-refractivity contribution is 0.0844. The quantitative estimate of drug-likeness (QED) is 0.907. The largest absolute Gasteiger partial charge is 0.381 e. The second-order valence-corrected chi connectivity index (χ2v) is 6.22. The molecule has 4 rings (SSSR count). The van der Waals surface area contributed by atoms with Crippen molar-refractivity contribution in [3.05, 3.63) is 23.5 Å². The summed E-state index contributed by atoms with van der Waals surface area (Å²) in [6.45, 7) is 7.84. The molecule has 22 heavy (non-hydrogen) atoms. The Hall–Kier alpha value is -1.66. The molecule has 2 aliphatic rings. The Morgan fingerprint density at radius 2 is 1.95 bits per heavy atom. The topological polar surface area (TPSA) is 54.7 Å². The Kier molecular flexibility index (Phi) is 3.72. The standard InChI is InChI=1S/C16H23N5O/c1-12-10-16(20-6-4-17-5-7-20)21-15(18-12)11-14(19-21)13-2-8-22-9-3-13/h10-11,13,17H,2-9H2,1H3. The number of rotatable bonds is 2. The number of hydrogen-bond donors (Lipinski definition) is 1. The summed E-state index contributed by atoms with van der Waals surface area (Å²) in [5, 5.41) is 8.29. The van der Waals surface area contributed by atoms with Crippen LogP contribution < -0.4 is 10.2 Å². The average Bonchev–Trinajstić information content (AvgIpc) is 2.99. The van der Waals surface area contributed by atoms with Gasteiger partial charge < -0.3 is 15.0 Å². The van der Waals surface area contributed by atoms with Gasteiger partial charge in [-0.1, -0.05) is 0 Å². The van der Waals surface area contributed by atoms with Gasteiger partial charge in [0.1, 0.15) is 5.82 Å². The summed E-state index contributed by atoms with van der Waals surface area (Å²) >= 11 is 0. The van der Waals surface area contributed by atoms with Gasteiger partial charge in [-0.3, -0.25) is 0 Å². The summed E-state index contributed by atoms with van der Waals surface area (Å²) in [5.41, 5.74) is 3.19. The van der Waals surface area contributed by atoms with E-state index in [0.717, 1.165) is 69.3 Å². The number of ether oxygens (including phenoxy) is 1. The predicted octanol–water partition coefficient (Wildman–Crippen LogP) is 1.34. The van der Waals surface area contributed by atoms with E-state index in [9.17, 15) is 0 Å². The van der Waals surface area contributed by atoms with E-state index >= 15 is 0 Å². The van der Waals surface area contributed by atoms with E-state index in [1.54, 1.807) is 0 Å². The van der Waals surface area contributed by atoms with E-state index in [2.05, 4.69) is 34.3 Å². The maximum absolute atomic E-state index is 5.47. The van der Waals surface area contributed by atoms with Crippen LogP contribution in [0.2, 0.25) is 0 Å². The zero-order valence-electron chi connectivity index (χ0n) is 13.1. The first-order chi connectivity index (χ1) is 10.8. The molecular formula is C16H23N5O. The summed E-state index contributed by atoms with van der Waals surface area (Å²) in [7, 11) is 0. The fourth-order valence-corrected chi connectivity index (χ4v) is 3.41. The van der Waals surface area contributed by atoms with E-state index in [0.29, 0.717) is 5.92 Å². The predicted molar refractivity (Wildman–Crippen MR) is 85.6 cm³/mol. The lowest BCUT2D eigenvalue weighted by atomic mass is 9.97. The van der Waals surface area contributed by atoms with Crippen molar-refractivity contribution >= 4 is 11.5 Å². The van der Waals surface area contributed by atoms with Gasteiger partial charge in [0, 0.05) is 63.1 Å². The normalized spacial score (nSPS) is 20.7. The van der Waals surface area contributed by atoms with Crippen LogP contribution in [0, 0.1) is 6.92 Å². The Labute approximate surface area is 130 Å². The van der Waals surface area contributed by atoms with Gasteiger partial charge in [-0.05, 0) is 19.8 Å². The van der Waals surface area contributed by atoms with Gasteiger partial charge in [-0.2, -0.15) is 9.61 Å². The Morgan fingerprint density at radius 3 is 2.73 bits per heavy atom. The lowest BCUT2D eigenvalue weighted by Crippen LogP contribution is -2.44. The molecule has 0 spiro atoms. The van der Waals surface area contributed by atoms with E-state index < -0.39 is 0 Å². The molecule has 0 aromatic carbocycles. The van der Waals surface area contributed by atoms with Crippen molar-refractivity contribution in [1.82, 2.24) is 19.9 Å². The highest BCUT2D eigenvalue weighted by molar-refractivity contribution is 5.52. The molecule has 0 unspecified atom stereocenters. The summed E-state index contributed by atoms with van der Waals surface area (Å²) in [6.07, 6.45) is 2.12. The number of fused-ring (bicyclic) bond motifs is 1. The molecule has 2 aliphatic heterocycles. The van der Waals surface area contributed by atoms with Crippen LogP contribution in [0.3, 0.4) is 0 Å². The molecule has 118 valence electrons. The summed E-state index contributed by atoms with van der Waals surface area (Å²) in [4.78, 5) is 7.08. The van der Waals surface area contributed by atoms with Crippen molar-refractivity contribution in [2.75, 3.05) is 44.3 Å². The van der Waals surface area contributed by atoms with Gasteiger partial charge in [0.15, 0.2) is 5.65 Å². The minimum Gasteiger partial charge on any atom is -0.381 e. The lowest BCUT2D eigenvalue weighted by Gasteiger charge is -2.29. The molecule has 4 heterocycles. The second kappa shape index (κ2) is 5.85. The van der Waals surface area contributed by atoms with Crippen molar-refractivity contribution in [2.24, 2.45) is 0 Å². The summed E-state index contributed by atoms with van der Waals surface area (Å²) in [6, 6.07) is 4.31. The van der Waals surface area contributed by atoms with E-state index in [4.69, 9.17) is 9.84 Å². The van der Waals surface area contributed by atoms with Gasteiger partial charge in [0.25, 0.3) is 0 Å². The summed E-state index contributed by atoms with van der Waals surface area (Å²) in [5.74, 6) is 1.67. The van der Waals surface area contributed by atoms with E-state index in [1.165, 1.54) is 5.82 Å². The molecule has 0 bridgehead atoms. The average molecular weight is 301 g/mol. The molecule has 0 amide bonds. The Morgan fingerprint density at radius 1 is 1.18 bits per heavy atom. The molecule has 2 aromatic heterocycles. The highest BCUT2D eigenvalue weighted by Gasteiger charge is 2.21. The van der Waals surface area contributed by atoms with Crippen LogP contribution in [0.1, 0.15) is 30.1 Å². The van der Waals surface area contributed by atoms with Gasteiger partial charge in [-0.15, -0.1) is 0 Å². The number of aromatic nitrogens is 3. The number of hydrogen-bond acceptors (Lipinski definition) is 5. The first-order valence-corrected chi connectivity index (χ1v) is 8.22. The molecule has 6 heteroatoms. The molecule has 2 fully saturated rings. The third kappa shape index (κ3) is 2.57. The van der Waals surface area contributed by atoms with Crippen LogP contribution >= 0.6 is 0 Å². The van der Waals surface area contributed by atoms with E-state index in [1.807, 2.05) is 4.52 Å². The molecule has 6 nitrogen and oxygen atoms in total. The number of anilines is 1. The van der Waals surface area contributed by atoms with Gasteiger partial charge >= 0.3 is 0 Å².